The number of hydrogen-bond donors (Lipinski definition) is 0. The summed E-state index contributed by atoms with van der Waals surface area (Å²) in [6, 6.07) is 1.83. The number of carbonyl (C=O) groups excluding carboxylic acids is 1. The Hall–Kier alpha value is -1.09. The van der Waals surface area contributed by atoms with Crippen LogP contribution in [-0.4, -0.2) is 22.8 Å². The van der Waals surface area contributed by atoms with Gasteiger partial charge in [0, 0.05) is 19.3 Å². The summed E-state index contributed by atoms with van der Waals surface area (Å²) in [4.78, 5) is 16.3. The van der Waals surface area contributed by atoms with Gasteiger partial charge in [-0.05, 0) is 23.6 Å². The Morgan fingerprint density at radius 1 is 1.54 bits per heavy atom. The summed E-state index contributed by atoms with van der Waals surface area (Å²) in [5, 5.41) is 0.492. The Kier molecular flexibility index (Phi) is 2.19. The molecule has 0 spiro atoms. The largest absolute Gasteiger partial charge is 0.341 e. The second-order valence-electron chi connectivity index (χ2n) is 3.10. The number of fused-ring (bicyclic) bond motifs is 1. The minimum absolute atomic E-state index is 0.492. The average molecular weight is 197 g/mol. The minimum Gasteiger partial charge on any atom is -0.341 e. The monoisotopic (exact) mass is 196 g/mol. The molecule has 0 atom stereocenters. The van der Waals surface area contributed by atoms with E-state index in [0.29, 0.717) is 11.7 Å². The van der Waals surface area contributed by atoms with Gasteiger partial charge in [0.2, 0.25) is 6.41 Å². The maximum Gasteiger partial charge on any atom is 0.210 e. The Morgan fingerprint density at radius 2 is 2.38 bits per heavy atom. The summed E-state index contributed by atoms with van der Waals surface area (Å²) in [5.41, 5.74) is 2.31. The SMILES string of the molecule is O=CN1CCc2cnc(Cl)cc2C1. The zero-order valence-electron chi connectivity index (χ0n) is 7.03. The Morgan fingerprint density at radius 3 is 3.15 bits per heavy atom. The third-order valence-electron chi connectivity index (χ3n) is 2.24. The number of carbonyl (C=O) groups is 1. The molecule has 2 rings (SSSR count). The third-order valence-corrected chi connectivity index (χ3v) is 2.45. The van der Waals surface area contributed by atoms with E-state index in [0.717, 1.165) is 24.9 Å². The highest BCUT2D eigenvalue weighted by Crippen LogP contribution is 2.19. The van der Waals surface area contributed by atoms with Crippen LogP contribution >= 0.6 is 11.6 Å². The molecule has 0 radical (unpaired) electrons. The van der Waals surface area contributed by atoms with Crippen LogP contribution in [0, 0.1) is 0 Å². The molecule has 1 aliphatic heterocycles. The number of rotatable bonds is 1. The van der Waals surface area contributed by atoms with Gasteiger partial charge in [0.05, 0.1) is 0 Å². The summed E-state index contributed by atoms with van der Waals surface area (Å²) in [6.45, 7) is 1.43. The molecule has 2 heterocycles. The van der Waals surface area contributed by atoms with Crippen molar-refractivity contribution in [2.45, 2.75) is 13.0 Å². The molecule has 0 saturated carbocycles. The van der Waals surface area contributed by atoms with Crippen LogP contribution in [0.2, 0.25) is 5.15 Å². The lowest BCUT2D eigenvalue weighted by atomic mass is 10.0. The molecule has 0 bridgehead atoms. The molecule has 1 aromatic rings. The molecular formula is C9H9ClN2O. The summed E-state index contributed by atoms with van der Waals surface area (Å²) in [7, 11) is 0. The molecule has 0 aliphatic carbocycles. The molecule has 0 aromatic carbocycles. The van der Waals surface area contributed by atoms with Gasteiger partial charge in [-0.15, -0.1) is 0 Å². The van der Waals surface area contributed by atoms with E-state index < -0.39 is 0 Å². The first-order valence-electron chi connectivity index (χ1n) is 4.12. The maximum atomic E-state index is 10.5. The first-order chi connectivity index (χ1) is 6.29. The quantitative estimate of drug-likeness (QED) is 0.500. The van der Waals surface area contributed by atoms with Crippen molar-refractivity contribution in [2.75, 3.05) is 6.54 Å². The summed E-state index contributed by atoms with van der Waals surface area (Å²) in [5.74, 6) is 0. The van der Waals surface area contributed by atoms with E-state index in [1.165, 1.54) is 5.56 Å². The normalized spacial score (nSPS) is 15.3. The van der Waals surface area contributed by atoms with E-state index in [1.54, 1.807) is 11.1 Å². The van der Waals surface area contributed by atoms with E-state index in [-0.39, 0.29) is 0 Å². The number of amides is 1. The van der Waals surface area contributed by atoms with Crippen molar-refractivity contribution < 1.29 is 4.79 Å². The Balaban J connectivity index is 2.32. The van der Waals surface area contributed by atoms with E-state index >= 15 is 0 Å². The summed E-state index contributed by atoms with van der Waals surface area (Å²) >= 11 is 5.75. The van der Waals surface area contributed by atoms with Gasteiger partial charge in [-0.3, -0.25) is 4.79 Å². The number of halogens is 1. The van der Waals surface area contributed by atoms with Crippen LogP contribution in [0.3, 0.4) is 0 Å². The summed E-state index contributed by atoms with van der Waals surface area (Å²) in [6.07, 6.45) is 3.54. The molecule has 4 heteroatoms. The van der Waals surface area contributed by atoms with Gasteiger partial charge in [0.1, 0.15) is 5.15 Å². The number of pyridine rings is 1. The van der Waals surface area contributed by atoms with Gasteiger partial charge >= 0.3 is 0 Å². The third kappa shape index (κ3) is 1.65. The van der Waals surface area contributed by atoms with Crippen molar-refractivity contribution >= 4 is 18.0 Å². The first-order valence-corrected chi connectivity index (χ1v) is 4.50. The van der Waals surface area contributed by atoms with Crippen molar-refractivity contribution in [2.24, 2.45) is 0 Å². The molecule has 1 aliphatic rings. The van der Waals surface area contributed by atoms with Gasteiger partial charge in [-0.2, -0.15) is 0 Å². The fraction of sp³-hybridized carbons (Fsp3) is 0.333. The molecule has 1 aromatic heterocycles. The molecule has 0 unspecified atom stereocenters. The van der Waals surface area contributed by atoms with Gasteiger partial charge in [-0.1, -0.05) is 11.6 Å². The zero-order valence-corrected chi connectivity index (χ0v) is 7.79. The van der Waals surface area contributed by atoms with Crippen LogP contribution in [-0.2, 0) is 17.8 Å². The topological polar surface area (TPSA) is 33.2 Å². The van der Waals surface area contributed by atoms with E-state index in [4.69, 9.17) is 11.6 Å². The van der Waals surface area contributed by atoms with Gasteiger partial charge in [0.15, 0.2) is 0 Å². The number of hydrogen-bond acceptors (Lipinski definition) is 2. The van der Waals surface area contributed by atoms with Crippen LogP contribution in [0.5, 0.6) is 0 Å². The fourth-order valence-corrected chi connectivity index (χ4v) is 1.70. The van der Waals surface area contributed by atoms with E-state index in [2.05, 4.69) is 4.98 Å². The number of aromatic nitrogens is 1. The fourth-order valence-electron chi connectivity index (χ4n) is 1.52. The van der Waals surface area contributed by atoms with Crippen LogP contribution in [0.15, 0.2) is 12.3 Å². The lowest BCUT2D eigenvalue weighted by Gasteiger charge is -2.24. The van der Waals surface area contributed by atoms with Gasteiger partial charge in [-0.25, -0.2) is 4.98 Å². The van der Waals surface area contributed by atoms with Crippen LogP contribution in [0.4, 0.5) is 0 Å². The second kappa shape index (κ2) is 3.34. The molecule has 13 heavy (non-hydrogen) atoms. The second-order valence-corrected chi connectivity index (χ2v) is 3.49. The Bertz CT molecular complexity index is 340. The lowest BCUT2D eigenvalue weighted by molar-refractivity contribution is -0.118. The highest BCUT2D eigenvalue weighted by Gasteiger charge is 2.14. The zero-order chi connectivity index (χ0) is 9.26. The predicted molar refractivity (Wildman–Crippen MR) is 49.4 cm³/mol. The molecule has 0 saturated heterocycles. The highest BCUT2D eigenvalue weighted by molar-refractivity contribution is 6.29. The minimum atomic E-state index is 0.492. The van der Waals surface area contributed by atoms with Crippen LogP contribution in [0.25, 0.3) is 0 Å². The molecule has 68 valence electrons. The number of nitrogens with zero attached hydrogens (tertiary/aromatic N) is 2. The highest BCUT2D eigenvalue weighted by atomic mass is 35.5. The molecule has 3 nitrogen and oxygen atoms in total. The standard InChI is InChI=1S/C9H9ClN2O/c10-9-3-8-5-12(6-13)2-1-7(8)4-11-9/h3-4,6H,1-2,5H2. The molecule has 0 N–H and O–H groups in total. The summed E-state index contributed by atoms with van der Waals surface area (Å²) < 4.78 is 0. The molecule has 1 amide bonds. The van der Waals surface area contributed by atoms with Crippen molar-refractivity contribution in [3.8, 4) is 0 Å². The smallest absolute Gasteiger partial charge is 0.210 e. The van der Waals surface area contributed by atoms with Gasteiger partial charge < -0.3 is 4.90 Å². The van der Waals surface area contributed by atoms with Crippen molar-refractivity contribution in [3.63, 3.8) is 0 Å². The van der Waals surface area contributed by atoms with Crippen LogP contribution in [0.1, 0.15) is 11.1 Å². The Labute approximate surface area is 81.3 Å². The van der Waals surface area contributed by atoms with Crippen molar-refractivity contribution in [1.82, 2.24) is 9.88 Å². The average Bonchev–Trinajstić information content (AvgIpc) is 2.16. The predicted octanol–water partition coefficient (Wildman–Crippen LogP) is 1.25. The van der Waals surface area contributed by atoms with Crippen molar-refractivity contribution in [3.05, 3.63) is 28.5 Å². The van der Waals surface area contributed by atoms with Crippen molar-refractivity contribution in [1.29, 1.82) is 0 Å². The first kappa shape index (κ1) is 8.51. The maximum absolute atomic E-state index is 10.5. The van der Waals surface area contributed by atoms with Crippen LogP contribution < -0.4 is 0 Å². The van der Waals surface area contributed by atoms with Gasteiger partial charge in [0.25, 0.3) is 0 Å². The van der Waals surface area contributed by atoms with E-state index in [9.17, 15) is 4.79 Å². The lowest BCUT2D eigenvalue weighted by Crippen LogP contribution is -2.29. The van der Waals surface area contributed by atoms with E-state index in [1.807, 2.05) is 6.07 Å². The molecule has 0 fully saturated rings. The molecular weight excluding hydrogens is 188 g/mol.